The lowest BCUT2D eigenvalue weighted by Gasteiger charge is -2.22. The minimum atomic E-state index is -0.120. The molecule has 0 radical (unpaired) electrons. The number of carbonyl (C=O) groups excluding carboxylic acids is 2. The van der Waals surface area contributed by atoms with Crippen LogP contribution in [0.25, 0.3) is 0 Å². The zero-order valence-electron chi connectivity index (χ0n) is 12.3. The molecule has 112 valence electrons. The Morgan fingerprint density at radius 2 is 1.68 bits per heavy atom. The van der Waals surface area contributed by atoms with Gasteiger partial charge >= 0.3 is 0 Å². The maximum Gasteiger partial charge on any atom is 0.238 e. The summed E-state index contributed by atoms with van der Waals surface area (Å²) in [5, 5.41) is 0. The molecule has 0 aromatic heterocycles. The maximum atomic E-state index is 13.0. The summed E-state index contributed by atoms with van der Waals surface area (Å²) in [5.41, 5.74) is 2.06. The number of halogens is 1. The Morgan fingerprint density at radius 1 is 1.09 bits per heavy atom. The molecular weight excluding hydrogens is 342 g/mol. The van der Waals surface area contributed by atoms with E-state index in [1.54, 1.807) is 0 Å². The Kier molecular flexibility index (Phi) is 2.32. The van der Waals surface area contributed by atoms with Crippen molar-refractivity contribution < 1.29 is 9.59 Å². The fourth-order valence-electron chi connectivity index (χ4n) is 5.05. The van der Waals surface area contributed by atoms with Gasteiger partial charge in [0.2, 0.25) is 11.8 Å². The van der Waals surface area contributed by atoms with Crippen molar-refractivity contribution >= 4 is 33.4 Å². The Hall–Kier alpha value is -1.42. The summed E-state index contributed by atoms with van der Waals surface area (Å²) < 4.78 is 0.933. The number of hydrogen-bond donors (Lipinski definition) is 0. The number of carbonyl (C=O) groups is 2. The summed E-state index contributed by atoms with van der Waals surface area (Å²) in [4.78, 5) is 27.3. The van der Waals surface area contributed by atoms with Crippen molar-refractivity contribution in [1.82, 2.24) is 0 Å². The van der Waals surface area contributed by atoms with Gasteiger partial charge in [0.1, 0.15) is 0 Å². The van der Waals surface area contributed by atoms with Crippen molar-refractivity contribution in [3.63, 3.8) is 0 Å². The number of amides is 2. The second kappa shape index (κ2) is 3.91. The maximum absolute atomic E-state index is 13.0. The summed E-state index contributed by atoms with van der Waals surface area (Å²) in [7, 11) is 0. The van der Waals surface area contributed by atoms with Crippen LogP contribution in [0.3, 0.4) is 0 Å². The first-order chi connectivity index (χ1) is 10.5. The molecule has 22 heavy (non-hydrogen) atoms. The van der Waals surface area contributed by atoms with Gasteiger partial charge < -0.3 is 0 Å². The fourth-order valence-corrected chi connectivity index (χ4v) is 5.42. The average molecular weight is 358 g/mol. The standard InChI is InChI=1S/C18H16BrNO2/c1-9-2-3-10(8-13(9)19)20-16(21)14-11-4-5-12(15(14)17(20)22)18(11)6-7-18/h2-5,8,11-12,14-15H,6-7H2,1H3/t11-,12+,14-,15+. The van der Waals surface area contributed by atoms with E-state index in [9.17, 15) is 9.59 Å². The first-order valence-electron chi connectivity index (χ1n) is 7.87. The molecule has 1 saturated heterocycles. The molecule has 0 unspecified atom stereocenters. The molecule has 2 amide bonds. The summed E-state index contributed by atoms with van der Waals surface area (Å²) in [6.45, 7) is 2.00. The van der Waals surface area contributed by atoms with Crippen LogP contribution in [0.5, 0.6) is 0 Å². The smallest absolute Gasteiger partial charge is 0.238 e. The molecule has 3 fully saturated rings. The highest BCUT2D eigenvalue weighted by molar-refractivity contribution is 9.10. The first kappa shape index (κ1) is 13.1. The van der Waals surface area contributed by atoms with Crippen LogP contribution in [0.4, 0.5) is 5.69 Å². The molecule has 4 atom stereocenters. The molecular formula is C18H16BrNO2. The minimum absolute atomic E-state index is 0.00822. The number of allylic oxidation sites excluding steroid dienone is 2. The van der Waals surface area contributed by atoms with Crippen molar-refractivity contribution in [2.45, 2.75) is 19.8 Å². The number of rotatable bonds is 1. The van der Waals surface area contributed by atoms with E-state index in [0.29, 0.717) is 5.69 Å². The van der Waals surface area contributed by atoms with Gasteiger partial charge in [-0.3, -0.25) is 9.59 Å². The largest absolute Gasteiger partial charge is 0.274 e. The predicted octanol–water partition coefficient (Wildman–Crippen LogP) is 3.46. The fraction of sp³-hybridized carbons (Fsp3) is 0.444. The lowest BCUT2D eigenvalue weighted by molar-refractivity contribution is -0.123. The number of nitrogens with zero attached hydrogens (tertiary/aromatic N) is 1. The summed E-state index contributed by atoms with van der Waals surface area (Å²) in [6, 6.07) is 5.71. The molecule has 1 heterocycles. The molecule has 3 nitrogen and oxygen atoms in total. The van der Waals surface area contributed by atoms with Crippen LogP contribution < -0.4 is 4.90 Å². The highest BCUT2D eigenvalue weighted by Gasteiger charge is 2.73. The summed E-state index contributed by atoms with van der Waals surface area (Å²) in [5.74, 6) is 0.355. The number of hydrogen-bond acceptors (Lipinski definition) is 2. The van der Waals surface area contributed by atoms with Crippen molar-refractivity contribution in [1.29, 1.82) is 0 Å². The molecule has 1 aromatic rings. The van der Waals surface area contributed by atoms with Gasteiger partial charge in [0.25, 0.3) is 0 Å². The number of aryl methyl sites for hydroxylation is 1. The Morgan fingerprint density at radius 3 is 2.18 bits per heavy atom. The van der Waals surface area contributed by atoms with E-state index < -0.39 is 0 Å². The lowest BCUT2D eigenvalue weighted by atomic mass is 9.85. The Balaban J connectivity index is 1.57. The van der Waals surface area contributed by atoms with Gasteiger partial charge in [-0.2, -0.15) is 0 Å². The number of imide groups is 1. The van der Waals surface area contributed by atoms with Crippen LogP contribution >= 0.6 is 15.9 Å². The zero-order chi connectivity index (χ0) is 15.2. The van der Waals surface area contributed by atoms with E-state index in [1.807, 2.05) is 25.1 Å². The minimum Gasteiger partial charge on any atom is -0.274 e. The van der Waals surface area contributed by atoms with Crippen molar-refractivity contribution in [2.24, 2.45) is 29.1 Å². The molecule has 0 N–H and O–H groups in total. The molecule has 1 spiro atoms. The quantitative estimate of drug-likeness (QED) is 0.570. The molecule has 5 rings (SSSR count). The normalized spacial score (nSPS) is 36.5. The van der Waals surface area contributed by atoms with Gasteiger partial charge in [-0.25, -0.2) is 4.90 Å². The second-order valence-electron chi connectivity index (χ2n) is 7.17. The van der Waals surface area contributed by atoms with Crippen LogP contribution in [0, 0.1) is 36.0 Å². The van der Waals surface area contributed by atoms with Gasteiger partial charge in [0.15, 0.2) is 0 Å². The average Bonchev–Trinajstić information content (AvgIpc) is 3.08. The Labute approximate surface area is 137 Å². The number of benzene rings is 1. The lowest BCUT2D eigenvalue weighted by Crippen LogP contribution is -2.34. The summed E-state index contributed by atoms with van der Waals surface area (Å²) >= 11 is 3.50. The molecule has 1 aliphatic heterocycles. The van der Waals surface area contributed by atoms with Gasteiger partial charge in [-0.1, -0.05) is 34.1 Å². The van der Waals surface area contributed by atoms with Gasteiger partial charge in [0, 0.05) is 4.47 Å². The predicted molar refractivity (Wildman–Crippen MR) is 86.1 cm³/mol. The molecule has 2 saturated carbocycles. The molecule has 3 aliphatic carbocycles. The van der Waals surface area contributed by atoms with E-state index in [2.05, 4.69) is 28.1 Å². The van der Waals surface area contributed by atoms with E-state index >= 15 is 0 Å². The number of anilines is 1. The van der Waals surface area contributed by atoms with Gasteiger partial charge in [0.05, 0.1) is 17.5 Å². The highest BCUT2D eigenvalue weighted by atomic mass is 79.9. The molecule has 2 bridgehead atoms. The number of fused-ring (bicyclic) bond motifs is 3. The van der Waals surface area contributed by atoms with Crippen LogP contribution in [0.2, 0.25) is 0 Å². The van der Waals surface area contributed by atoms with Crippen LogP contribution in [-0.2, 0) is 9.59 Å². The monoisotopic (exact) mass is 357 g/mol. The second-order valence-corrected chi connectivity index (χ2v) is 8.02. The SMILES string of the molecule is Cc1ccc(N2C(=O)[C@@H]3[C@H](C2=O)[C@H]2C=C[C@@H]3C23CC3)cc1Br. The van der Waals surface area contributed by atoms with E-state index in [0.717, 1.165) is 10.0 Å². The molecule has 4 aliphatic rings. The van der Waals surface area contributed by atoms with E-state index in [4.69, 9.17) is 0 Å². The highest BCUT2D eigenvalue weighted by Crippen LogP contribution is 2.73. The molecule has 4 heteroatoms. The third kappa shape index (κ3) is 1.34. The van der Waals surface area contributed by atoms with E-state index in [1.165, 1.54) is 17.7 Å². The van der Waals surface area contributed by atoms with Crippen LogP contribution in [0.1, 0.15) is 18.4 Å². The Bertz CT molecular complexity index is 730. The summed E-state index contributed by atoms with van der Waals surface area (Å²) in [6.07, 6.45) is 6.77. The topological polar surface area (TPSA) is 37.4 Å². The van der Waals surface area contributed by atoms with Gasteiger partial charge in [-0.05, 0) is 54.7 Å². The van der Waals surface area contributed by atoms with Crippen molar-refractivity contribution in [3.8, 4) is 0 Å². The van der Waals surface area contributed by atoms with Gasteiger partial charge in [-0.15, -0.1) is 0 Å². The molecule has 1 aromatic carbocycles. The third-order valence-corrected chi connectivity index (χ3v) is 7.12. The van der Waals surface area contributed by atoms with Crippen LogP contribution in [0.15, 0.2) is 34.8 Å². The van der Waals surface area contributed by atoms with Crippen molar-refractivity contribution in [2.75, 3.05) is 4.90 Å². The van der Waals surface area contributed by atoms with E-state index in [-0.39, 0.29) is 40.9 Å². The first-order valence-corrected chi connectivity index (χ1v) is 8.66. The zero-order valence-corrected chi connectivity index (χ0v) is 13.8. The van der Waals surface area contributed by atoms with Crippen molar-refractivity contribution in [3.05, 3.63) is 40.4 Å². The third-order valence-electron chi connectivity index (χ3n) is 6.27. The van der Waals surface area contributed by atoms with Crippen LogP contribution in [-0.4, -0.2) is 11.8 Å².